The second kappa shape index (κ2) is 24.6. The predicted octanol–water partition coefficient (Wildman–Crippen LogP) is 6.55. The van der Waals surface area contributed by atoms with Gasteiger partial charge in [-0.1, -0.05) is 77.7 Å². The summed E-state index contributed by atoms with van der Waals surface area (Å²) < 4.78 is 23.3. The first-order valence-electron chi connectivity index (χ1n) is 24.0. The van der Waals surface area contributed by atoms with E-state index in [4.69, 9.17) is 18.9 Å². The van der Waals surface area contributed by atoms with Gasteiger partial charge >= 0.3 is 5.97 Å². The van der Waals surface area contributed by atoms with E-state index in [0.29, 0.717) is 44.1 Å². The molecule has 1 amide bonds. The normalized spacial score (nSPS) is 41.4. The molecule has 1 saturated carbocycles. The highest BCUT2D eigenvalue weighted by Gasteiger charge is 2.68. The monoisotopic (exact) mass is 912 g/mol. The summed E-state index contributed by atoms with van der Waals surface area (Å²) in [6.45, 7) is 17.5. The lowest BCUT2D eigenvalue weighted by molar-refractivity contribution is -0.211. The molecule has 2 saturated heterocycles. The molecule has 4 N–H and O–H groups in total. The van der Waals surface area contributed by atoms with E-state index < -0.39 is 77.7 Å². The summed E-state index contributed by atoms with van der Waals surface area (Å²) in [5.41, 5.74) is -0.106. The lowest BCUT2D eigenvalue weighted by Crippen LogP contribution is -2.81. The van der Waals surface area contributed by atoms with Gasteiger partial charge in [0.15, 0.2) is 5.78 Å². The first-order chi connectivity index (χ1) is 30.7. The molecule has 4 bridgehead atoms. The van der Waals surface area contributed by atoms with Gasteiger partial charge in [0, 0.05) is 46.0 Å². The van der Waals surface area contributed by atoms with Crippen LogP contribution in [0.3, 0.4) is 0 Å². The van der Waals surface area contributed by atoms with Crippen LogP contribution in [0, 0.1) is 35.5 Å². The summed E-state index contributed by atoms with van der Waals surface area (Å²) in [6, 6.07) is -1.95. The molecular formula is C52H81NO12. The SMILES string of the molecule is C=C1C(OC)C(O)/C(C)=C/C(C)C(=O)CC(C(C)CC2CCC(O)C(OC)C2)OC(=O)[C@@H]2CCCC3N2C(=O)C3(O)C(=O)[C@H](C)CCC(O)CC(OC)/C(C)=C/C=C/C=C/C(C)C[C@H]1C. The Hall–Kier alpha value is -3.30. The van der Waals surface area contributed by atoms with Crippen LogP contribution in [0.2, 0.25) is 0 Å². The summed E-state index contributed by atoms with van der Waals surface area (Å²) in [7, 11) is 4.69. The minimum atomic E-state index is -2.29. The number of carbonyl (C=O) groups is 4. The number of ether oxygens (including phenoxy) is 4. The molecule has 13 unspecified atom stereocenters. The zero-order valence-electron chi connectivity index (χ0n) is 40.8. The van der Waals surface area contributed by atoms with Crippen molar-refractivity contribution in [1.82, 2.24) is 4.90 Å². The molecule has 366 valence electrons. The molecule has 16 atom stereocenters. The topological polar surface area (TPSA) is 189 Å². The third kappa shape index (κ3) is 13.5. The van der Waals surface area contributed by atoms with Gasteiger partial charge in [0.05, 0.1) is 30.5 Å². The molecule has 0 aromatic rings. The third-order valence-corrected chi connectivity index (χ3v) is 14.9. The van der Waals surface area contributed by atoms with Crippen LogP contribution in [-0.4, -0.2) is 131 Å². The number of ketones is 2. The average molecular weight is 912 g/mol. The van der Waals surface area contributed by atoms with Crippen molar-refractivity contribution < 1.29 is 58.6 Å². The number of piperidine rings is 1. The molecule has 0 radical (unpaired) electrons. The summed E-state index contributed by atoms with van der Waals surface area (Å²) in [5.74, 6) is -3.74. The highest BCUT2D eigenvalue weighted by atomic mass is 16.5. The number of carbonyl (C=O) groups excluding carboxylic acids is 4. The fourth-order valence-electron chi connectivity index (χ4n) is 10.6. The van der Waals surface area contributed by atoms with Gasteiger partial charge in [0.2, 0.25) is 5.60 Å². The molecule has 13 heteroatoms. The van der Waals surface area contributed by atoms with Crippen molar-refractivity contribution in [2.75, 3.05) is 21.3 Å². The van der Waals surface area contributed by atoms with Gasteiger partial charge in [-0.15, -0.1) is 0 Å². The number of hydrogen-bond acceptors (Lipinski definition) is 12. The Bertz CT molecular complexity index is 1770. The largest absolute Gasteiger partial charge is 0.460 e. The highest BCUT2D eigenvalue weighted by molar-refractivity contribution is 6.16. The fraction of sp³-hybridized carbons (Fsp3) is 0.731. The maximum Gasteiger partial charge on any atom is 0.329 e. The minimum absolute atomic E-state index is 0.00446. The zero-order valence-corrected chi connectivity index (χ0v) is 40.8. The zero-order chi connectivity index (χ0) is 48.3. The van der Waals surface area contributed by atoms with E-state index in [1.807, 2.05) is 38.2 Å². The van der Waals surface area contributed by atoms with Crippen LogP contribution >= 0.6 is 0 Å². The average Bonchev–Trinajstić information content (AvgIpc) is 3.28. The maximum absolute atomic E-state index is 14.2. The Morgan fingerprint density at radius 1 is 0.846 bits per heavy atom. The fourth-order valence-corrected chi connectivity index (χ4v) is 10.6. The van der Waals surface area contributed by atoms with E-state index >= 15 is 0 Å². The molecule has 3 aliphatic heterocycles. The van der Waals surface area contributed by atoms with E-state index in [9.17, 15) is 39.6 Å². The third-order valence-electron chi connectivity index (χ3n) is 14.9. The number of aliphatic hydroxyl groups excluding tert-OH is 3. The molecule has 3 heterocycles. The van der Waals surface area contributed by atoms with Crippen LogP contribution in [0.4, 0.5) is 0 Å². The number of methoxy groups -OCH3 is 3. The second-order valence-electron chi connectivity index (χ2n) is 19.9. The molecule has 0 spiro atoms. The molecule has 13 nitrogen and oxygen atoms in total. The number of aliphatic hydroxyl groups is 4. The van der Waals surface area contributed by atoms with Gasteiger partial charge in [-0.05, 0) is 118 Å². The van der Waals surface area contributed by atoms with Gasteiger partial charge in [-0.2, -0.15) is 0 Å². The number of β-lactam (4-membered cyclic amide) rings is 1. The molecule has 65 heavy (non-hydrogen) atoms. The summed E-state index contributed by atoms with van der Waals surface area (Å²) >= 11 is 0. The van der Waals surface area contributed by atoms with Gasteiger partial charge in [-0.3, -0.25) is 14.4 Å². The first kappa shape index (κ1) is 54.3. The van der Waals surface area contributed by atoms with Crippen molar-refractivity contribution in [3.63, 3.8) is 0 Å². The van der Waals surface area contributed by atoms with Crippen molar-refractivity contribution in [2.24, 2.45) is 35.5 Å². The summed E-state index contributed by atoms with van der Waals surface area (Å²) in [5, 5.41) is 44.9. The number of hydrogen-bond donors (Lipinski definition) is 4. The van der Waals surface area contributed by atoms with Crippen LogP contribution in [-0.2, 0) is 38.1 Å². The van der Waals surface area contributed by atoms with Crippen LogP contribution in [0.15, 0.2) is 59.8 Å². The summed E-state index contributed by atoms with van der Waals surface area (Å²) in [6.07, 6.45) is 11.9. The number of rotatable bonds is 6. The van der Waals surface area contributed by atoms with Crippen LogP contribution in [0.1, 0.15) is 126 Å². The lowest BCUT2D eigenvalue weighted by Gasteiger charge is -2.57. The number of Topliss-reactive ketones (excluding diaryl/α,β-unsaturated/α-hetero) is 2. The molecule has 0 aromatic heterocycles. The number of allylic oxidation sites excluding steroid dienone is 6. The summed E-state index contributed by atoms with van der Waals surface area (Å²) in [4.78, 5) is 57.5. The van der Waals surface area contributed by atoms with E-state index in [-0.39, 0.29) is 67.3 Å². The molecule has 4 aliphatic rings. The lowest BCUT2D eigenvalue weighted by atomic mass is 9.69. The maximum atomic E-state index is 14.2. The van der Waals surface area contributed by atoms with Crippen molar-refractivity contribution >= 4 is 23.4 Å². The second-order valence-corrected chi connectivity index (χ2v) is 19.9. The van der Waals surface area contributed by atoms with Crippen molar-refractivity contribution in [2.45, 2.75) is 186 Å². The van der Waals surface area contributed by atoms with Crippen molar-refractivity contribution in [3.8, 4) is 0 Å². The first-order valence-corrected chi connectivity index (χ1v) is 24.0. The number of cyclic esters (lactones) is 1. The van der Waals surface area contributed by atoms with Crippen LogP contribution < -0.4 is 0 Å². The molecule has 3 fully saturated rings. The van der Waals surface area contributed by atoms with E-state index in [0.717, 1.165) is 24.0 Å². The van der Waals surface area contributed by atoms with Gasteiger partial charge in [0.25, 0.3) is 5.91 Å². The molecule has 1 aliphatic carbocycles. The van der Waals surface area contributed by atoms with E-state index in [1.165, 1.54) is 12.0 Å². The van der Waals surface area contributed by atoms with Gasteiger partial charge < -0.3 is 44.3 Å². The number of amides is 1. The Morgan fingerprint density at radius 2 is 1.55 bits per heavy atom. The van der Waals surface area contributed by atoms with Crippen molar-refractivity contribution in [1.29, 1.82) is 0 Å². The van der Waals surface area contributed by atoms with E-state index in [1.54, 1.807) is 41.1 Å². The quantitative estimate of drug-likeness (QED) is 0.0975. The van der Waals surface area contributed by atoms with Gasteiger partial charge in [-0.25, -0.2) is 4.79 Å². The van der Waals surface area contributed by atoms with Gasteiger partial charge in [0.1, 0.15) is 30.1 Å². The number of esters is 1. The minimum Gasteiger partial charge on any atom is -0.460 e. The Balaban J connectivity index is 1.64. The predicted molar refractivity (Wildman–Crippen MR) is 249 cm³/mol. The Labute approximate surface area is 388 Å². The van der Waals surface area contributed by atoms with Crippen LogP contribution in [0.25, 0.3) is 0 Å². The molecular weight excluding hydrogens is 831 g/mol. The smallest absolute Gasteiger partial charge is 0.329 e. The van der Waals surface area contributed by atoms with Crippen molar-refractivity contribution in [3.05, 3.63) is 59.8 Å². The Kier molecular flexibility index (Phi) is 20.6. The van der Waals surface area contributed by atoms with E-state index in [2.05, 4.69) is 26.5 Å². The standard InChI is InChI=1S/C52H81NO12/c1-30-16-13-12-14-17-31(2)43(62-9)28-39(54)22-20-32(3)49(58)52(61)46-19-15-18-40(53(46)51(52)60)50(59)65-44(35(6)26-38-21-23-41(55)45(27-38)63-10)29-42(56)34(5)25-36(7)47(57)48(64-11)37(8)33(4)24-30/h12-14,16-17,25,30,32-35,38-41,43-48,54-55,57,61H,8,15,18-24,26-29H2,1-7,9-11H3/b14-12+,16-13+,31-17+,36-25+/t30?,32-,33-,34?,35?,38?,39?,40+,41?,43?,44?,45?,46?,47?,48?,52?/m1/s1. The van der Waals surface area contributed by atoms with Crippen LogP contribution in [0.5, 0.6) is 0 Å². The Morgan fingerprint density at radius 3 is 2.22 bits per heavy atom. The number of nitrogens with zero attached hydrogens (tertiary/aromatic N) is 1. The molecule has 0 aromatic carbocycles. The highest BCUT2D eigenvalue weighted by Crippen LogP contribution is 2.44. The molecule has 4 rings (SSSR count).